The standard InChI is InChI=1S/C21H33NO3/c1-3-4-5-6-7-8-9-10-11-12-16-25-21(24)18(2)20(23)19-14-13-15-22-17-19/h13-15,17,20,23H,2-12,16H2,1H3. The smallest absolute Gasteiger partial charge is 0.336 e. The Morgan fingerprint density at radius 1 is 1.12 bits per heavy atom. The highest BCUT2D eigenvalue weighted by molar-refractivity contribution is 5.89. The second kappa shape index (κ2) is 13.6. The van der Waals surface area contributed by atoms with Crippen molar-refractivity contribution in [1.82, 2.24) is 4.98 Å². The Labute approximate surface area is 152 Å². The summed E-state index contributed by atoms with van der Waals surface area (Å²) in [5.74, 6) is -0.535. The first-order chi connectivity index (χ1) is 12.2. The first-order valence-corrected chi connectivity index (χ1v) is 9.60. The van der Waals surface area contributed by atoms with Gasteiger partial charge in [0.05, 0.1) is 12.2 Å². The van der Waals surface area contributed by atoms with Crippen molar-refractivity contribution in [2.24, 2.45) is 0 Å². The van der Waals surface area contributed by atoms with Crippen LogP contribution in [0.4, 0.5) is 0 Å². The van der Waals surface area contributed by atoms with Crippen LogP contribution < -0.4 is 0 Å². The first kappa shape index (κ1) is 21.4. The number of ether oxygens (including phenoxy) is 1. The fourth-order valence-corrected chi connectivity index (χ4v) is 2.70. The van der Waals surface area contributed by atoms with Gasteiger partial charge in [0.25, 0.3) is 0 Å². The minimum atomic E-state index is -1.06. The molecule has 0 bridgehead atoms. The molecule has 0 spiro atoms. The van der Waals surface area contributed by atoms with Crippen molar-refractivity contribution in [2.75, 3.05) is 6.61 Å². The lowest BCUT2D eigenvalue weighted by Gasteiger charge is -2.13. The normalized spacial score (nSPS) is 11.9. The van der Waals surface area contributed by atoms with Gasteiger partial charge < -0.3 is 9.84 Å². The molecular formula is C21H33NO3. The lowest BCUT2D eigenvalue weighted by molar-refractivity contribution is -0.140. The molecule has 0 radical (unpaired) electrons. The van der Waals surface area contributed by atoms with E-state index < -0.39 is 12.1 Å². The first-order valence-electron chi connectivity index (χ1n) is 9.60. The Hall–Kier alpha value is -1.68. The average molecular weight is 347 g/mol. The van der Waals surface area contributed by atoms with Crippen LogP contribution in [0.25, 0.3) is 0 Å². The number of pyridine rings is 1. The molecule has 1 unspecified atom stereocenters. The van der Waals surface area contributed by atoms with E-state index in [9.17, 15) is 9.90 Å². The molecule has 0 saturated carbocycles. The number of hydrogen-bond acceptors (Lipinski definition) is 4. The minimum Gasteiger partial charge on any atom is -0.462 e. The van der Waals surface area contributed by atoms with Gasteiger partial charge in [0.1, 0.15) is 6.10 Å². The Bertz CT molecular complexity index is 487. The molecule has 0 aromatic carbocycles. The van der Waals surface area contributed by atoms with Crippen LogP contribution in [0.5, 0.6) is 0 Å². The van der Waals surface area contributed by atoms with E-state index in [0.29, 0.717) is 12.2 Å². The lowest BCUT2D eigenvalue weighted by atomic mass is 10.1. The third-order valence-corrected chi connectivity index (χ3v) is 4.32. The second-order valence-electron chi connectivity index (χ2n) is 6.53. The SMILES string of the molecule is C=C(C(=O)OCCCCCCCCCCCC)C(O)c1cccnc1. The zero-order chi connectivity index (χ0) is 18.3. The zero-order valence-electron chi connectivity index (χ0n) is 15.6. The molecule has 0 aliphatic carbocycles. The molecule has 1 rings (SSSR count). The Kier molecular flexibility index (Phi) is 11.6. The number of carbonyl (C=O) groups excluding carboxylic acids is 1. The molecule has 1 atom stereocenters. The predicted octanol–water partition coefficient (Wildman–Crippen LogP) is 5.14. The Morgan fingerprint density at radius 2 is 1.72 bits per heavy atom. The van der Waals surface area contributed by atoms with Crippen LogP contribution in [0.3, 0.4) is 0 Å². The van der Waals surface area contributed by atoms with Crippen LogP contribution in [-0.4, -0.2) is 22.7 Å². The van der Waals surface area contributed by atoms with Crippen molar-refractivity contribution in [1.29, 1.82) is 0 Å². The Balaban J connectivity index is 2.04. The molecule has 25 heavy (non-hydrogen) atoms. The maximum absolute atomic E-state index is 11.9. The van der Waals surface area contributed by atoms with Crippen LogP contribution in [0.2, 0.25) is 0 Å². The molecular weight excluding hydrogens is 314 g/mol. The zero-order valence-corrected chi connectivity index (χ0v) is 15.6. The number of esters is 1. The van der Waals surface area contributed by atoms with E-state index in [-0.39, 0.29) is 5.57 Å². The van der Waals surface area contributed by atoms with Crippen molar-refractivity contribution in [3.05, 3.63) is 42.2 Å². The monoisotopic (exact) mass is 347 g/mol. The molecule has 4 nitrogen and oxygen atoms in total. The third-order valence-electron chi connectivity index (χ3n) is 4.32. The molecule has 0 amide bonds. The number of nitrogens with zero attached hydrogens (tertiary/aromatic N) is 1. The largest absolute Gasteiger partial charge is 0.462 e. The van der Waals surface area contributed by atoms with E-state index in [4.69, 9.17) is 4.74 Å². The second-order valence-corrected chi connectivity index (χ2v) is 6.53. The molecule has 0 saturated heterocycles. The molecule has 1 heterocycles. The molecule has 140 valence electrons. The van der Waals surface area contributed by atoms with Crippen LogP contribution in [0.15, 0.2) is 36.7 Å². The minimum absolute atomic E-state index is 0.0556. The molecule has 1 N–H and O–H groups in total. The van der Waals surface area contributed by atoms with Crippen molar-refractivity contribution in [3.8, 4) is 0 Å². The summed E-state index contributed by atoms with van der Waals surface area (Å²) in [7, 11) is 0. The van der Waals surface area contributed by atoms with Crippen LogP contribution in [0, 0.1) is 0 Å². The van der Waals surface area contributed by atoms with Gasteiger partial charge >= 0.3 is 5.97 Å². The topological polar surface area (TPSA) is 59.4 Å². The third kappa shape index (κ3) is 9.40. The summed E-state index contributed by atoms with van der Waals surface area (Å²) in [5.41, 5.74) is 0.600. The summed E-state index contributed by atoms with van der Waals surface area (Å²) >= 11 is 0. The summed E-state index contributed by atoms with van der Waals surface area (Å²) in [6, 6.07) is 3.42. The number of aliphatic hydroxyl groups is 1. The van der Waals surface area contributed by atoms with E-state index in [1.54, 1.807) is 18.3 Å². The fourth-order valence-electron chi connectivity index (χ4n) is 2.70. The number of aliphatic hydroxyl groups excluding tert-OH is 1. The Morgan fingerprint density at radius 3 is 2.28 bits per heavy atom. The van der Waals surface area contributed by atoms with Crippen molar-refractivity contribution in [2.45, 2.75) is 77.2 Å². The van der Waals surface area contributed by atoms with Gasteiger partial charge in [-0.15, -0.1) is 0 Å². The highest BCUT2D eigenvalue weighted by atomic mass is 16.5. The molecule has 0 aliphatic rings. The van der Waals surface area contributed by atoms with Crippen molar-refractivity contribution >= 4 is 5.97 Å². The maximum atomic E-state index is 11.9. The highest BCUT2D eigenvalue weighted by Crippen LogP contribution is 2.20. The number of aromatic nitrogens is 1. The van der Waals surface area contributed by atoms with Gasteiger partial charge in [-0.3, -0.25) is 4.98 Å². The van der Waals surface area contributed by atoms with Gasteiger partial charge in [0.2, 0.25) is 0 Å². The van der Waals surface area contributed by atoms with E-state index in [0.717, 1.165) is 12.8 Å². The number of hydrogen-bond donors (Lipinski definition) is 1. The van der Waals surface area contributed by atoms with E-state index in [1.807, 2.05) is 0 Å². The van der Waals surface area contributed by atoms with E-state index >= 15 is 0 Å². The number of rotatable bonds is 14. The maximum Gasteiger partial charge on any atom is 0.336 e. The summed E-state index contributed by atoms with van der Waals surface area (Å²) < 4.78 is 5.20. The van der Waals surface area contributed by atoms with Gasteiger partial charge in [-0.2, -0.15) is 0 Å². The fraction of sp³-hybridized carbons (Fsp3) is 0.619. The molecule has 4 heteroatoms. The summed E-state index contributed by atoms with van der Waals surface area (Å²) in [6.45, 7) is 6.27. The van der Waals surface area contributed by atoms with Crippen LogP contribution >= 0.6 is 0 Å². The van der Waals surface area contributed by atoms with Crippen molar-refractivity contribution in [3.63, 3.8) is 0 Å². The predicted molar refractivity (Wildman–Crippen MR) is 101 cm³/mol. The number of carbonyl (C=O) groups is 1. The average Bonchev–Trinajstić information content (AvgIpc) is 2.65. The summed E-state index contributed by atoms with van der Waals surface area (Å²) in [4.78, 5) is 15.8. The van der Waals surface area contributed by atoms with Crippen molar-refractivity contribution < 1.29 is 14.6 Å². The summed E-state index contributed by atoms with van der Waals surface area (Å²) in [5, 5.41) is 10.1. The van der Waals surface area contributed by atoms with Gasteiger partial charge in [0.15, 0.2) is 0 Å². The van der Waals surface area contributed by atoms with Crippen LogP contribution in [-0.2, 0) is 9.53 Å². The highest BCUT2D eigenvalue weighted by Gasteiger charge is 2.19. The van der Waals surface area contributed by atoms with Gasteiger partial charge in [-0.05, 0) is 12.5 Å². The van der Waals surface area contributed by atoms with Gasteiger partial charge in [-0.25, -0.2) is 4.79 Å². The van der Waals surface area contributed by atoms with Crippen LogP contribution in [0.1, 0.15) is 82.8 Å². The van der Waals surface area contributed by atoms with Gasteiger partial charge in [-0.1, -0.05) is 77.4 Å². The number of unbranched alkanes of at least 4 members (excludes halogenated alkanes) is 9. The molecule has 0 aliphatic heterocycles. The summed E-state index contributed by atoms with van der Waals surface area (Å²) in [6.07, 6.45) is 14.4. The molecule has 1 aromatic heterocycles. The van der Waals surface area contributed by atoms with E-state index in [2.05, 4.69) is 18.5 Å². The molecule has 1 aromatic rings. The lowest BCUT2D eigenvalue weighted by Crippen LogP contribution is -2.14. The van der Waals surface area contributed by atoms with Gasteiger partial charge in [0, 0.05) is 18.0 Å². The molecule has 0 fully saturated rings. The van der Waals surface area contributed by atoms with E-state index in [1.165, 1.54) is 57.6 Å². The quantitative estimate of drug-likeness (QED) is 0.288.